The maximum Gasteiger partial charge on any atom is 0.253 e. The summed E-state index contributed by atoms with van der Waals surface area (Å²) in [6.07, 6.45) is -0.0342. The van der Waals surface area contributed by atoms with Crippen molar-refractivity contribution in [3.8, 4) is 10.4 Å². The van der Waals surface area contributed by atoms with E-state index in [1.165, 1.54) is 4.88 Å². The Morgan fingerprint density at radius 2 is 2.09 bits per heavy atom. The van der Waals surface area contributed by atoms with Gasteiger partial charge in [-0.15, -0.1) is 11.3 Å². The third-order valence-electron chi connectivity index (χ3n) is 3.65. The maximum atomic E-state index is 12.4. The van der Waals surface area contributed by atoms with Crippen molar-refractivity contribution in [1.82, 2.24) is 4.90 Å². The highest BCUT2D eigenvalue weighted by Crippen LogP contribution is 2.24. The number of hydrogen-bond donors (Lipinski definition) is 0. The van der Waals surface area contributed by atoms with Crippen molar-refractivity contribution in [1.29, 1.82) is 0 Å². The Morgan fingerprint density at radius 3 is 2.73 bits per heavy atom. The average molecular weight is 317 g/mol. The first kappa shape index (κ1) is 15.2. The van der Waals surface area contributed by atoms with E-state index < -0.39 is 0 Å². The fourth-order valence-corrected chi connectivity index (χ4v) is 3.20. The van der Waals surface area contributed by atoms with E-state index in [-0.39, 0.29) is 12.0 Å². The monoisotopic (exact) mass is 317 g/mol. The molecule has 3 rings (SSSR count). The van der Waals surface area contributed by atoms with E-state index in [1.807, 2.05) is 30.3 Å². The van der Waals surface area contributed by atoms with Crippen molar-refractivity contribution >= 4 is 17.2 Å². The summed E-state index contributed by atoms with van der Waals surface area (Å²) in [5.41, 5.74) is 1.83. The lowest BCUT2D eigenvalue weighted by atomic mass is 10.1. The molecular weight excluding hydrogens is 298 g/mol. The zero-order valence-corrected chi connectivity index (χ0v) is 13.3. The Labute approximate surface area is 134 Å². The van der Waals surface area contributed by atoms with Crippen LogP contribution in [-0.4, -0.2) is 50.3 Å². The lowest BCUT2D eigenvalue weighted by Gasteiger charge is -2.27. The normalized spacial score (nSPS) is 18.1. The van der Waals surface area contributed by atoms with E-state index in [4.69, 9.17) is 9.47 Å². The second-order valence-corrected chi connectivity index (χ2v) is 6.26. The van der Waals surface area contributed by atoms with Gasteiger partial charge in [0.25, 0.3) is 5.91 Å². The van der Waals surface area contributed by atoms with Crippen LogP contribution in [0.15, 0.2) is 41.8 Å². The number of carbonyl (C=O) groups excluding carboxylic acids is 1. The summed E-state index contributed by atoms with van der Waals surface area (Å²) in [5, 5.41) is 2.05. The Balaban J connectivity index is 1.63. The second-order valence-electron chi connectivity index (χ2n) is 5.31. The summed E-state index contributed by atoms with van der Waals surface area (Å²) in [5.74, 6) is 0.00639. The fraction of sp³-hybridized carbons (Fsp3) is 0.353. The number of likely N-dealkylation sites (N-methyl/N-ethyl adjacent to an activating group) is 1. The molecule has 2 heterocycles. The molecule has 22 heavy (non-hydrogen) atoms. The van der Waals surface area contributed by atoms with Crippen LogP contribution < -0.4 is 0 Å². The van der Waals surface area contributed by atoms with Crippen LogP contribution in [0, 0.1) is 0 Å². The first-order chi connectivity index (χ1) is 10.7. The van der Waals surface area contributed by atoms with Crippen molar-refractivity contribution in [3.63, 3.8) is 0 Å². The molecule has 2 aromatic rings. The van der Waals surface area contributed by atoms with Gasteiger partial charge in [-0.2, -0.15) is 0 Å². The van der Waals surface area contributed by atoms with Gasteiger partial charge in [-0.25, -0.2) is 0 Å². The number of thiophene rings is 1. The van der Waals surface area contributed by atoms with Gasteiger partial charge < -0.3 is 14.4 Å². The SMILES string of the molecule is CN(C[C@@H]1COCCO1)C(=O)c1ccc(-c2cccs2)cc1. The third-order valence-corrected chi connectivity index (χ3v) is 4.57. The minimum Gasteiger partial charge on any atom is -0.376 e. The minimum absolute atomic E-state index is 0.00639. The molecule has 1 fully saturated rings. The second kappa shape index (κ2) is 7.05. The standard InChI is InChI=1S/C17H19NO3S/c1-18(11-15-12-20-8-9-21-15)17(19)14-6-4-13(5-7-14)16-3-2-10-22-16/h2-7,10,15H,8-9,11-12H2,1H3/t15-/m1/s1. The molecule has 5 heteroatoms. The summed E-state index contributed by atoms with van der Waals surface area (Å²) in [6, 6.07) is 11.9. The summed E-state index contributed by atoms with van der Waals surface area (Å²) < 4.78 is 10.9. The third kappa shape index (κ3) is 3.55. The Bertz CT molecular complexity index is 603. The Morgan fingerprint density at radius 1 is 1.27 bits per heavy atom. The van der Waals surface area contributed by atoms with E-state index in [1.54, 1.807) is 23.3 Å². The van der Waals surface area contributed by atoms with Crippen LogP contribution in [0.4, 0.5) is 0 Å². The van der Waals surface area contributed by atoms with Crippen LogP contribution in [0.1, 0.15) is 10.4 Å². The summed E-state index contributed by atoms with van der Waals surface area (Å²) >= 11 is 1.69. The summed E-state index contributed by atoms with van der Waals surface area (Å²) in [7, 11) is 1.80. The van der Waals surface area contributed by atoms with E-state index >= 15 is 0 Å². The molecule has 1 saturated heterocycles. The lowest BCUT2D eigenvalue weighted by Crippen LogP contribution is -2.40. The number of rotatable bonds is 4. The van der Waals surface area contributed by atoms with Gasteiger partial charge in [0.1, 0.15) is 0 Å². The van der Waals surface area contributed by atoms with Crippen molar-refractivity contribution < 1.29 is 14.3 Å². The van der Waals surface area contributed by atoms with E-state index in [9.17, 15) is 4.79 Å². The van der Waals surface area contributed by atoms with Gasteiger partial charge in [0.2, 0.25) is 0 Å². The zero-order chi connectivity index (χ0) is 15.4. The van der Waals surface area contributed by atoms with Crippen LogP contribution in [0.25, 0.3) is 10.4 Å². The van der Waals surface area contributed by atoms with Gasteiger partial charge in [0.15, 0.2) is 0 Å². The fourth-order valence-electron chi connectivity index (χ4n) is 2.47. The summed E-state index contributed by atoms with van der Waals surface area (Å²) in [4.78, 5) is 15.4. The van der Waals surface area contributed by atoms with Gasteiger partial charge >= 0.3 is 0 Å². The van der Waals surface area contributed by atoms with Crippen LogP contribution in [0.2, 0.25) is 0 Å². The molecule has 0 aliphatic carbocycles. The van der Waals surface area contributed by atoms with Crippen molar-refractivity contribution in [2.45, 2.75) is 6.10 Å². The quantitative estimate of drug-likeness (QED) is 0.870. The first-order valence-corrected chi connectivity index (χ1v) is 8.21. The molecule has 1 aromatic carbocycles. The molecule has 4 nitrogen and oxygen atoms in total. The molecular formula is C17H19NO3S. The number of carbonyl (C=O) groups is 1. The Hall–Kier alpha value is -1.69. The van der Waals surface area contributed by atoms with Gasteiger partial charge in [-0.3, -0.25) is 4.79 Å². The average Bonchev–Trinajstić information content (AvgIpc) is 3.10. The van der Waals surface area contributed by atoms with E-state index in [0.29, 0.717) is 31.9 Å². The van der Waals surface area contributed by atoms with Gasteiger partial charge in [0, 0.05) is 24.0 Å². The highest BCUT2D eigenvalue weighted by atomic mass is 32.1. The molecule has 116 valence electrons. The molecule has 1 aliphatic rings. The number of nitrogens with zero attached hydrogens (tertiary/aromatic N) is 1. The molecule has 1 amide bonds. The molecule has 1 aliphatic heterocycles. The highest BCUT2D eigenvalue weighted by Gasteiger charge is 2.20. The maximum absolute atomic E-state index is 12.4. The molecule has 1 aromatic heterocycles. The van der Waals surface area contributed by atoms with Gasteiger partial charge in [0.05, 0.1) is 25.9 Å². The predicted octanol–water partition coefficient (Wildman–Crippen LogP) is 2.90. The smallest absolute Gasteiger partial charge is 0.253 e. The molecule has 0 spiro atoms. The van der Waals surface area contributed by atoms with E-state index in [0.717, 1.165) is 5.56 Å². The molecule has 0 saturated carbocycles. The number of hydrogen-bond acceptors (Lipinski definition) is 4. The molecule has 0 unspecified atom stereocenters. The van der Waals surface area contributed by atoms with Gasteiger partial charge in [-0.05, 0) is 29.1 Å². The molecule has 0 radical (unpaired) electrons. The minimum atomic E-state index is -0.0342. The molecule has 0 bridgehead atoms. The van der Waals surface area contributed by atoms with Crippen LogP contribution >= 0.6 is 11.3 Å². The van der Waals surface area contributed by atoms with Crippen molar-refractivity contribution in [2.24, 2.45) is 0 Å². The predicted molar refractivity (Wildman–Crippen MR) is 87.3 cm³/mol. The lowest BCUT2D eigenvalue weighted by molar-refractivity contribution is -0.0933. The van der Waals surface area contributed by atoms with Crippen LogP contribution in [0.5, 0.6) is 0 Å². The topological polar surface area (TPSA) is 38.8 Å². The largest absolute Gasteiger partial charge is 0.376 e. The molecule has 1 atom stereocenters. The summed E-state index contributed by atoms with van der Waals surface area (Å²) in [6.45, 7) is 2.33. The van der Waals surface area contributed by atoms with Crippen molar-refractivity contribution in [2.75, 3.05) is 33.4 Å². The Kier molecular flexibility index (Phi) is 4.87. The van der Waals surface area contributed by atoms with Crippen molar-refractivity contribution in [3.05, 3.63) is 47.3 Å². The zero-order valence-electron chi connectivity index (χ0n) is 12.5. The number of benzene rings is 1. The van der Waals surface area contributed by atoms with Crippen LogP contribution in [-0.2, 0) is 9.47 Å². The number of ether oxygens (including phenoxy) is 2. The first-order valence-electron chi connectivity index (χ1n) is 7.33. The number of amides is 1. The van der Waals surface area contributed by atoms with Crippen LogP contribution in [0.3, 0.4) is 0 Å². The highest BCUT2D eigenvalue weighted by molar-refractivity contribution is 7.13. The van der Waals surface area contributed by atoms with Gasteiger partial charge in [-0.1, -0.05) is 18.2 Å². The van der Waals surface area contributed by atoms with E-state index in [2.05, 4.69) is 11.4 Å². The molecule has 0 N–H and O–H groups in total.